The van der Waals surface area contributed by atoms with E-state index in [1.165, 1.54) is 38.2 Å². The van der Waals surface area contributed by atoms with Crippen molar-refractivity contribution in [3.05, 3.63) is 66.0 Å². The summed E-state index contributed by atoms with van der Waals surface area (Å²) in [4.78, 5) is 27.3. The average Bonchev–Trinajstić information content (AvgIpc) is 2.78. The number of carbonyl (C=O) groups is 2. The molecule has 2 rings (SSSR count). The summed E-state index contributed by atoms with van der Waals surface area (Å²) in [6.45, 7) is 1.36. The van der Waals surface area contributed by atoms with E-state index in [2.05, 4.69) is 5.32 Å². The Bertz CT molecular complexity index is 1010. The number of carbonyl (C=O) groups excluding carboxylic acids is 2. The molecular formula is C22H29FN4O4S. The van der Waals surface area contributed by atoms with Crippen molar-refractivity contribution < 1.29 is 22.4 Å². The summed E-state index contributed by atoms with van der Waals surface area (Å²) in [6, 6.07) is 13.2. The van der Waals surface area contributed by atoms with Crippen molar-refractivity contribution in [2.24, 2.45) is 0 Å². The number of amides is 2. The predicted molar refractivity (Wildman–Crippen MR) is 121 cm³/mol. The number of benzene rings is 2. The summed E-state index contributed by atoms with van der Waals surface area (Å²) >= 11 is 0. The lowest BCUT2D eigenvalue weighted by atomic mass is 10.1. The number of nitrogens with one attached hydrogen (secondary N) is 1. The largest absolute Gasteiger partial charge is 0.357 e. The van der Waals surface area contributed by atoms with Crippen molar-refractivity contribution in [1.82, 2.24) is 14.5 Å². The number of hydrogen-bond acceptors (Lipinski definition) is 4. The number of anilines is 1. The minimum atomic E-state index is -4.07. The summed E-state index contributed by atoms with van der Waals surface area (Å²) < 4.78 is 41.2. The normalized spacial score (nSPS) is 12.3. The summed E-state index contributed by atoms with van der Waals surface area (Å²) in [5.41, 5.74) is 0.938. The third-order valence-electron chi connectivity index (χ3n) is 4.96. The van der Waals surface area contributed by atoms with Crippen LogP contribution in [0.1, 0.15) is 18.9 Å². The van der Waals surface area contributed by atoms with Crippen LogP contribution >= 0.6 is 0 Å². The van der Waals surface area contributed by atoms with Crippen LogP contribution in [-0.2, 0) is 26.3 Å². The highest BCUT2D eigenvalue weighted by Crippen LogP contribution is 2.21. The van der Waals surface area contributed by atoms with Crippen molar-refractivity contribution in [2.45, 2.75) is 25.9 Å². The third-order valence-corrected chi connectivity index (χ3v) is 6.78. The second-order valence-electron chi connectivity index (χ2n) is 7.32. The Morgan fingerprint density at radius 3 is 2.12 bits per heavy atom. The fraction of sp³-hybridized carbons (Fsp3) is 0.364. The van der Waals surface area contributed by atoms with Gasteiger partial charge in [-0.15, -0.1) is 0 Å². The van der Waals surface area contributed by atoms with Crippen LogP contribution in [0.25, 0.3) is 0 Å². The molecule has 1 atom stereocenters. The molecule has 0 radical (unpaired) electrons. The Morgan fingerprint density at radius 2 is 1.62 bits per heavy atom. The molecule has 0 saturated carbocycles. The molecule has 0 saturated heterocycles. The molecule has 32 heavy (non-hydrogen) atoms. The Labute approximate surface area is 188 Å². The zero-order valence-corrected chi connectivity index (χ0v) is 19.5. The SMILES string of the molecule is CCC(C(=O)NC)N(Cc1ccccc1)C(=O)CN(c1ccc(F)cc1)S(=O)(=O)N(C)C. The molecule has 0 bridgehead atoms. The molecule has 0 aliphatic rings. The maximum atomic E-state index is 13.4. The molecule has 1 unspecified atom stereocenters. The van der Waals surface area contributed by atoms with Crippen LogP contribution in [0.4, 0.5) is 10.1 Å². The zero-order valence-electron chi connectivity index (χ0n) is 18.7. The highest BCUT2D eigenvalue weighted by Gasteiger charge is 2.33. The first kappa shape index (κ1) is 25.3. The number of halogens is 1. The molecule has 0 fully saturated rings. The first-order chi connectivity index (χ1) is 15.1. The number of nitrogens with zero attached hydrogens (tertiary/aromatic N) is 3. The van der Waals surface area contributed by atoms with Crippen LogP contribution < -0.4 is 9.62 Å². The number of hydrogen-bond donors (Lipinski definition) is 1. The van der Waals surface area contributed by atoms with E-state index in [4.69, 9.17) is 0 Å². The summed E-state index contributed by atoms with van der Waals surface area (Å²) in [7, 11) is 0.105. The molecule has 0 aliphatic carbocycles. The highest BCUT2D eigenvalue weighted by atomic mass is 32.2. The Kier molecular flexibility index (Phi) is 8.73. The maximum absolute atomic E-state index is 13.4. The second kappa shape index (κ2) is 11.1. The molecule has 174 valence electrons. The number of rotatable bonds is 10. The van der Waals surface area contributed by atoms with Gasteiger partial charge in [0.1, 0.15) is 18.4 Å². The van der Waals surface area contributed by atoms with Crippen molar-refractivity contribution in [2.75, 3.05) is 32.0 Å². The molecule has 2 aromatic rings. The van der Waals surface area contributed by atoms with Gasteiger partial charge >= 0.3 is 10.2 Å². The van der Waals surface area contributed by atoms with Gasteiger partial charge in [0.15, 0.2) is 0 Å². The van der Waals surface area contributed by atoms with Gasteiger partial charge in [0.05, 0.1) is 5.69 Å². The lowest BCUT2D eigenvalue weighted by molar-refractivity contribution is -0.140. The van der Waals surface area contributed by atoms with Crippen molar-refractivity contribution in [3.63, 3.8) is 0 Å². The van der Waals surface area contributed by atoms with Crippen LogP contribution in [0, 0.1) is 5.82 Å². The summed E-state index contributed by atoms with van der Waals surface area (Å²) in [6.07, 6.45) is 0.342. The Hall–Kier alpha value is -2.98. The van der Waals surface area contributed by atoms with Gasteiger partial charge < -0.3 is 10.2 Å². The quantitative estimate of drug-likeness (QED) is 0.582. The molecular weight excluding hydrogens is 435 g/mol. The lowest BCUT2D eigenvalue weighted by Crippen LogP contribution is -2.52. The van der Waals surface area contributed by atoms with Gasteiger partial charge in [-0.3, -0.25) is 9.59 Å². The van der Waals surface area contributed by atoms with E-state index in [0.717, 1.165) is 26.3 Å². The van der Waals surface area contributed by atoms with Gasteiger partial charge in [-0.05, 0) is 36.2 Å². The lowest BCUT2D eigenvalue weighted by Gasteiger charge is -2.33. The van der Waals surface area contributed by atoms with E-state index >= 15 is 0 Å². The van der Waals surface area contributed by atoms with Crippen LogP contribution in [0.5, 0.6) is 0 Å². The van der Waals surface area contributed by atoms with Gasteiger partial charge in [0, 0.05) is 27.7 Å². The minimum absolute atomic E-state index is 0.130. The van der Waals surface area contributed by atoms with Gasteiger partial charge in [0.25, 0.3) is 0 Å². The fourth-order valence-electron chi connectivity index (χ4n) is 3.19. The topological polar surface area (TPSA) is 90.0 Å². The molecule has 10 heteroatoms. The van der Waals surface area contributed by atoms with E-state index in [1.54, 1.807) is 6.92 Å². The van der Waals surface area contributed by atoms with Crippen LogP contribution in [-0.4, -0.2) is 63.2 Å². The van der Waals surface area contributed by atoms with Crippen LogP contribution in [0.15, 0.2) is 54.6 Å². The van der Waals surface area contributed by atoms with Gasteiger partial charge in [0.2, 0.25) is 11.8 Å². The highest BCUT2D eigenvalue weighted by molar-refractivity contribution is 7.90. The van der Waals surface area contributed by atoms with Crippen LogP contribution in [0.2, 0.25) is 0 Å². The molecule has 0 aliphatic heterocycles. The van der Waals surface area contributed by atoms with Gasteiger partial charge in [-0.1, -0.05) is 37.3 Å². The maximum Gasteiger partial charge on any atom is 0.304 e. The van der Waals surface area contributed by atoms with Crippen molar-refractivity contribution in [3.8, 4) is 0 Å². The van der Waals surface area contributed by atoms with E-state index in [1.807, 2.05) is 30.3 Å². The molecule has 0 heterocycles. The molecule has 0 aromatic heterocycles. The smallest absolute Gasteiger partial charge is 0.304 e. The molecule has 2 aromatic carbocycles. The average molecular weight is 465 g/mol. The van der Waals surface area contributed by atoms with Crippen molar-refractivity contribution in [1.29, 1.82) is 0 Å². The van der Waals surface area contributed by atoms with Gasteiger partial charge in [-0.25, -0.2) is 8.70 Å². The van der Waals surface area contributed by atoms with Gasteiger partial charge in [-0.2, -0.15) is 12.7 Å². The van der Waals surface area contributed by atoms with E-state index in [9.17, 15) is 22.4 Å². The molecule has 0 spiro atoms. The van der Waals surface area contributed by atoms with Crippen molar-refractivity contribution >= 4 is 27.7 Å². The zero-order chi connectivity index (χ0) is 23.9. The molecule has 2 amide bonds. The Morgan fingerprint density at radius 1 is 1.03 bits per heavy atom. The van der Waals surface area contributed by atoms with E-state index < -0.39 is 34.5 Å². The molecule has 1 N–H and O–H groups in total. The summed E-state index contributed by atoms with van der Waals surface area (Å²) in [5.74, 6) is -1.43. The predicted octanol–water partition coefficient (Wildman–Crippen LogP) is 1.99. The molecule has 8 nitrogen and oxygen atoms in total. The van der Waals surface area contributed by atoms with E-state index in [0.29, 0.717) is 6.42 Å². The second-order valence-corrected chi connectivity index (χ2v) is 9.39. The van der Waals surface area contributed by atoms with Crippen LogP contribution in [0.3, 0.4) is 0 Å². The van der Waals surface area contributed by atoms with E-state index in [-0.39, 0.29) is 18.1 Å². The Balaban J connectivity index is 2.46. The number of likely N-dealkylation sites (N-methyl/N-ethyl adjacent to an activating group) is 1. The first-order valence-electron chi connectivity index (χ1n) is 10.1. The standard InChI is InChI=1S/C22H29FN4O4S/c1-5-20(22(29)24-2)26(15-17-9-7-6-8-10-17)21(28)16-27(32(30,31)25(3)4)19-13-11-18(23)12-14-19/h6-14,20H,5,15-16H2,1-4H3,(H,24,29). The third kappa shape index (κ3) is 6.04. The fourth-order valence-corrected chi connectivity index (χ4v) is 4.25. The first-order valence-corrected chi connectivity index (χ1v) is 11.5. The summed E-state index contributed by atoms with van der Waals surface area (Å²) in [5, 5.41) is 2.56. The minimum Gasteiger partial charge on any atom is -0.357 e. The monoisotopic (exact) mass is 464 g/mol.